The summed E-state index contributed by atoms with van der Waals surface area (Å²) < 4.78 is 5.17. The normalized spacial score (nSPS) is 20.0. The van der Waals surface area contributed by atoms with Gasteiger partial charge in [-0.15, -0.1) is 0 Å². The first-order chi connectivity index (χ1) is 7.72. The van der Waals surface area contributed by atoms with Crippen LogP contribution in [0.1, 0.15) is 6.42 Å². The largest absolute Gasteiger partial charge is 0.493 e. The molecule has 1 amide bonds. The maximum absolute atomic E-state index is 11.7. The maximum Gasteiger partial charge on any atom is 0.244 e. The number of likely N-dealkylation sites (N-methyl/N-ethyl adjacent to an activating group) is 1. The maximum atomic E-state index is 11.7. The zero-order valence-corrected chi connectivity index (χ0v) is 9.43. The second-order valence-corrected chi connectivity index (χ2v) is 3.80. The lowest BCUT2D eigenvalue weighted by Crippen LogP contribution is -2.31. The summed E-state index contributed by atoms with van der Waals surface area (Å²) in [5.74, 6) is 1.39. The number of anilines is 1. The summed E-state index contributed by atoms with van der Waals surface area (Å²) in [6.45, 7) is 0.783. The molecule has 1 N–H and O–H groups in total. The minimum absolute atomic E-state index is 0.104. The average molecular weight is 221 g/mol. The van der Waals surface area contributed by atoms with Crippen molar-refractivity contribution < 1.29 is 9.53 Å². The van der Waals surface area contributed by atoms with Crippen LogP contribution in [0.3, 0.4) is 0 Å². The van der Waals surface area contributed by atoms with E-state index in [9.17, 15) is 4.79 Å². The van der Waals surface area contributed by atoms with E-state index in [-0.39, 0.29) is 11.9 Å². The van der Waals surface area contributed by atoms with Crippen molar-refractivity contribution in [2.24, 2.45) is 0 Å². The number of pyridine rings is 1. The molecule has 1 aromatic rings. The molecule has 0 aromatic carbocycles. The van der Waals surface area contributed by atoms with E-state index in [0.717, 1.165) is 13.0 Å². The molecule has 0 saturated carbocycles. The van der Waals surface area contributed by atoms with Gasteiger partial charge in [0.1, 0.15) is 6.04 Å². The molecule has 0 bridgehead atoms. The van der Waals surface area contributed by atoms with Crippen molar-refractivity contribution in [2.75, 3.05) is 26.0 Å². The van der Waals surface area contributed by atoms with Gasteiger partial charge in [-0.25, -0.2) is 4.98 Å². The first-order valence-electron chi connectivity index (χ1n) is 5.23. The Labute approximate surface area is 94.4 Å². The van der Waals surface area contributed by atoms with Crippen molar-refractivity contribution in [1.29, 1.82) is 0 Å². The Bertz CT molecular complexity index is 395. The highest BCUT2D eigenvalue weighted by Crippen LogP contribution is 2.23. The third-order valence-corrected chi connectivity index (χ3v) is 2.73. The number of nitrogens with one attached hydrogen (secondary N) is 1. The first kappa shape index (κ1) is 10.7. The lowest BCUT2D eigenvalue weighted by molar-refractivity contribution is -0.127. The summed E-state index contributed by atoms with van der Waals surface area (Å²) in [5.41, 5.74) is 0. The molecule has 86 valence electrons. The number of aromatic nitrogens is 1. The average Bonchev–Trinajstić information content (AvgIpc) is 2.62. The molecule has 5 nitrogen and oxygen atoms in total. The van der Waals surface area contributed by atoms with E-state index in [2.05, 4.69) is 10.3 Å². The molecule has 1 fully saturated rings. The Kier molecular flexibility index (Phi) is 2.94. The quantitative estimate of drug-likeness (QED) is 0.817. The third kappa shape index (κ3) is 1.93. The second kappa shape index (κ2) is 4.38. The number of rotatable bonds is 3. The van der Waals surface area contributed by atoms with E-state index in [1.165, 1.54) is 0 Å². The molecule has 0 radical (unpaired) electrons. The van der Waals surface area contributed by atoms with Gasteiger partial charge < -0.3 is 15.0 Å². The fourth-order valence-electron chi connectivity index (χ4n) is 1.79. The van der Waals surface area contributed by atoms with Crippen molar-refractivity contribution in [2.45, 2.75) is 12.5 Å². The molecule has 1 atom stereocenters. The van der Waals surface area contributed by atoms with Gasteiger partial charge in [-0.3, -0.25) is 4.79 Å². The van der Waals surface area contributed by atoms with Gasteiger partial charge in [0.05, 0.1) is 7.11 Å². The van der Waals surface area contributed by atoms with Crippen LogP contribution >= 0.6 is 0 Å². The SMILES string of the molecule is COc1cccnc1NC1CCN(C)C1=O. The van der Waals surface area contributed by atoms with Crippen molar-refractivity contribution in [3.63, 3.8) is 0 Å². The first-order valence-corrected chi connectivity index (χ1v) is 5.23. The minimum atomic E-state index is -0.186. The minimum Gasteiger partial charge on any atom is -0.493 e. The van der Waals surface area contributed by atoms with Crippen LogP contribution in [0.2, 0.25) is 0 Å². The number of carbonyl (C=O) groups excluding carboxylic acids is 1. The van der Waals surface area contributed by atoms with Crippen LogP contribution in [0, 0.1) is 0 Å². The van der Waals surface area contributed by atoms with Crippen molar-refractivity contribution >= 4 is 11.7 Å². The Morgan fingerprint density at radius 1 is 1.62 bits per heavy atom. The van der Waals surface area contributed by atoms with Gasteiger partial charge in [-0.05, 0) is 18.6 Å². The van der Waals surface area contributed by atoms with E-state index in [0.29, 0.717) is 11.6 Å². The summed E-state index contributed by atoms with van der Waals surface area (Å²) >= 11 is 0. The fraction of sp³-hybridized carbons (Fsp3) is 0.455. The Morgan fingerprint density at radius 2 is 2.44 bits per heavy atom. The molecule has 1 unspecified atom stereocenters. The summed E-state index contributed by atoms with van der Waals surface area (Å²) in [6.07, 6.45) is 2.48. The van der Waals surface area contributed by atoms with Crippen LogP contribution in [0.15, 0.2) is 18.3 Å². The number of methoxy groups -OCH3 is 1. The van der Waals surface area contributed by atoms with Gasteiger partial charge in [0, 0.05) is 19.8 Å². The summed E-state index contributed by atoms with van der Waals surface area (Å²) in [4.78, 5) is 17.6. The molecule has 2 rings (SSSR count). The summed E-state index contributed by atoms with van der Waals surface area (Å²) in [5, 5.41) is 3.11. The summed E-state index contributed by atoms with van der Waals surface area (Å²) in [6, 6.07) is 3.43. The Balaban J connectivity index is 2.12. The number of ether oxygens (including phenoxy) is 1. The van der Waals surface area contributed by atoms with E-state index in [1.807, 2.05) is 6.07 Å². The van der Waals surface area contributed by atoms with Crippen molar-refractivity contribution in [3.8, 4) is 5.75 Å². The van der Waals surface area contributed by atoms with Crippen LogP contribution in [0.25, 0.3) is 0 Å². The van der Waals surface area contributed by atoms with Crippen molar-refractivity contribution in [1.82, 2.24) is 9.88 Å². The van der Waals surface area contributed by atoms with Crippen LogP contribution < -0.4 is 10.1 Å². The van der Waals surface area contributed by atoms with Gasteiger partial charge in [0.25, 0.3) is 0 Å². The Hall–Kier alpha value is -1.78. The fourth-order valence-corrected chi connectivity index (χ4v) is 1.79. The van der Waals surface area contributed by atoms with Crippen LogP contribution in [-0.2, 0) is 4.79 Å². The monoisotopic (exact) mass is 221 g/mol. The van der Waals surface area contributed by atoms with E-state index in [1.54, 1.807) is 31.3 Å². The zero-order chi connectivity index (χ0) is 11.5. The number of nitrogens with zero attached hydrogens (tertiary/aromatic N) is 2. The van der Waals surface area contributed by atoms with Gasteiger partial charge in [-0.2, -0.15) is 0 Å². The Morgan fingerprint density at radius 3 is 3.06 bits per heavy atom. The predicted molar refractivity (Wildman–Crippen MR) is 60.5 cm³/mol. The van der Waals surface area contributed by atoms with Crippen LogP contribution in [-0.4, -0.2) is 42.5 Å². The number of amides is 1. The highest BCUT2D eigenvalue weighted by molar-refractivity contribution is 5.86. The molecule has 2 heterocycles. The van der Waals surface area contributed by atoms with Gasteiger partial charge >= 0.3 is 0 Å². The van der Waals surface area contributed by atoms with Crippen LogP contribution in [0.4, 0.5) is 5.82 Å². The molecule has 5 heteroatoms. The number of hydrogen-bond acceptors (Lipinski definition) is 4. The smallest absolute Gasteiger partial charge is 0.244 e. The predicted octanol–water partition coefficient (Wildman–Crippen LogP) is 0.733. The summed E-state index contributed by atoms with van der Waals surface area (Å²) in [7, 11) is 3.39. The number of likely N-dealkylation sites (tertiary alicyclic amines) is 1. The van der Waals surface area contributed by atoms with E-state index >= 15 is 0 Å². The molecule has 0 spiro atoms. The molecule has 1 aliphatic heterocycles. The molecular formula is C11H15N3O2. The lowest BCUT2D eigenvalue weighted by atomic mass is 10.2. The molecular weight excluding hydrogens is 206 g/mol. The molecule has 1 aliphatic rings. The molecule has 16 heavy (non-hydrogen) atoms. The van der Waals surface area contributed by atoms with Gasteiger partial charge in [0.15, 0.2) is 11.6 Å². The third-order valence-electron chi connectivity index (χ3n) is 2.73. The van der Waals surface area contributed by atoms with Gasteiger partial charge in [0.2, 0.25) is 5.91 Å². The lowest BCUT2D eigenvalue weighted by Gasteiger charge is -2.14. The standard InChI is InChI=1S/C11H15N3O2/c1-14-7-5-8(11(14)15)13-10-9(16-2)4-3-6-12-10/h3-4,6,8H,5,7H2,1-2H3,(H,12,13). The molecule has 0 aliphatic carbocycles. The molecule has 1 aromatic heterocycles. The highest BCUT2D eigenvalue weighted by atomic mass is 16.5. The second-order valence-electron chi connectivity index (χ2n) is 3.80. The van der Waals surface area contributed by atoms with E-state index in [4.69, 9.17) is 4.74 Å². The molecule has 1 saturated heterocycles. The topological polar surface area (TPSA) is 54.5 Å². The van der Waals surface area contributed by atoms with Gasteiger partial charge in [-0.1, -0.05) is 0 Å². The number of carbonyl (C=O) groups is 1. The van der Waals surface area contributed by atoms with Crippen LogP contribution in [0.5, 0.6) is 5.75 Å². The highest BCUT2D eigenvalue weighted by Gasteiger charge is 2.29. The van der Waals surface area contributed by atoms with E-state index < -0.39 is 0 Å². The zero-order valence-electron chi connectivity index (χ0n) is 9.43. The van der Waals surface area contributed by atoms with Crippen molar-refractivity contribution in [3.05, 3.63) is 18.3 Å². The number of hydrogen-bond donors (Lipinski definition) is 1.